The number of ether oxygens (including phenoxy) is 3. The monoisotopic (exact) mass is 220 g/mol. The first-order valence-electron chi connectivity index (χ1n) is 4.88. The van der Waals surface area contributed by atoms with Crippen LogP contribution in [0.4, 0.5) is 0 Å². The molecular formula is C12H12O4. The third kappa shape index (κ3) is 2.23. The van der Waals surface area contributed by atoms with Crippen LogP contribution in [0.25, 0.3) is 0 Å². The first kappa shape index (κ1) is 10.7. The van der Waals surface area contributed by atoms with E-state index in [2.05, 4.69) is 6.58 Å². The molecule has 4 heteroatoms. The summed E-state index contributed by atoms with van der Waals surface area (Å²) in [4.78, 5) is 11.3. The number of benzene rings is 1. The Kier molecular flexibility index (Phi) is 2.92. The van der Waals surface area contributed by atoms with Crippen LogP contribution in [0, 0.1) is 0 Å². The SMILES string of the molecule is C=C(C)C(=O)Oc1ccc2c(c1)COCO2. The van der Waals surface area contributed by atoms with Gasteiger partial charge in [-0.3, -0.25) is 0 Å². The van der Waals surface area contributed by atoms with Gasteiger partial charge in [0.1, 0.15) is 11.5 Å². The number of carbonyl (C=O) groups excluding carboxylic acids is 1. The van der Waals surface area contributed by atoms with Crippen molar-refractivity contribution in [1.82, 2.24) is 0 Å². The lowest BCUT2D eigenvalue weighted by molar-refractivity contribution is -0.130. The van der Waals surface area contributed by atoms with Crippen LogP contribution in [-0.4, -0.2) is 12.8 Å². The number of fused-ring (bicyclic) bond motifs is 1. The molecule has 0 saturated heterocycles. The minimum Gasteiger partial charge on any atom is -0.467 e. The Hall–Kier alpha value is -1.81. The van der Waals surface area contributed by atoms with Gasteiger partial charge in [-0.25, -0.2) is 4.79 Å². The first-order valence-corrected chi connectivity index (χ1v) is 4.88. The molecule has 0 N–H and O–H groups in total. The van der Waals surface area contributed by atoms with Crippen LogP contribution in [0.5, 0.6) is 11.5 Å². The van der Waals surface area contributed by atoms with Crippen molar-refractivity contribution in [2.45, 2.75) is 13.5 Å². The summed E-state index contributed by atoms with van der Waals surface area (Å²) in [6, 6.07) is 5.18. The number of rotatable bonds is 2. The van der Waals surface area contributed by atoms with Gasteiger partial charge in [0.2, 0.25) is 0 Å². The molecule has 1 aliphatic rings. The van der Waals surface area contributed by atoms with Crippen molar-refractivity contribution in [3.8, 4) is 11.5 Å². The predicted molar refractivity (Wildman–Crippen MR) is 57.2 cm³/mol. The third-order valence-corrected chi connectivity index (χ3v) is 2.15. The average Bonchev–Trinajstić information content (AvgIpc) is 2.28. The van der Waals surface area contributed by atoms with Gasteiger partial charge in [0.05, 0.1) is 6.61 Å². The minimum atomic E-state index is -0.433. The maximum Gasteiger partial charge on any atom is 0.338 e. The van der Waals surface area contributed by atoms with E-state index >= 15 is 0 Å². The molecule has 84 valence electrons. The second-order valence-corrected chi connectivity index (χ2v) is 3.55. The van der Waals surface area contributed by atoms with Gasteiger partial charge >= 0.3 is 5.97 Å². The topological polar surface area (TPSA) is 44.8 Å². The van der Waals surface area contributed by atoms with Crippen molar-refractivity contribution in [3.63, 3.8) is 0 Å². The van der Waals surface area contributed by atoms with Crippen molar-refractivity contribution in [2.24, 2.45) is 0 Å². The van der Waals surface area contributed by atoms with Crippen molar-refractivity contribution in [3.05, 3.63) is 35.9 Å². The Labute approximate surface area is 93.4 Å². The fourth-order valence-corrected chi connectivity index (χ4v) is 1.32. The van der Waals surface area contributed by atoms with Gasteiger partial charge in [0, 0.05) is 11.1 Å². The van der Waals surface area contributed by atoms with Crippen molar-refractivity contribution in [1.29, 1.82) is 0 Å². The van der Waals surface area contributed by atoms with Crippen LogP contribution in [0.2, 0.25) is 0 Å². The lowest BCUT2D eigenvalue weighted by Crippen LogP contribution is -2.12. The van der Waals surface area contributed by atoms with E-state index in [4.69, 9.17) is 14.2 Å². The van der Waals surface area contributed by atoms with Crippen LogP contribution in [-0.2, 0) is 16.1 Å². The lowest BCUT2D eigenvalue weighted by Gasteiger charge is -2.17. The summed E-state index contributed by atoms with van der Waals surface area (Å²) in [5, 5.41) is 0. The molecule has 0 atom stereocenters. The van der Waals surface area contributed by atoms with Crippen LogP contribution in [0.15, 0.2) is 30.4 Å². The summed E-state index contributed by atoms with van der Waals surface area (Å²) in [5.41, 5.74) is 1.24. The van der Waals surface area contributed by atoms with Gasteiger partial charge in [-0.05, 0) is 25.1 Å². The molecular weight excluding hydrogens is 208 g/mol. The van der Waals surface area contributed by atoms with Gasteiger partial charge in [0.25, 0.3) is 0 Å². The normalized spacial score (nSPS) is 13.6. The van der Waals surface area contributed by atoms with E-state index in [0.717, 1.165) is 11.3 Å². The van der Waals surface area contributed by atoms with Crippen LogP contribution < -0.4 is 9.47 Å². The largest absolute Gasteiger partial charge is 0.467 e. The summed E-state index contributed by atoms with van der Waals surface area (Å²) >= 11 is 0. The molecule has 0 spiro atoms. The van der Waals surface area contributed by atoms with E-state index in [1.807, 2.05) is 0 Å². The Morgan fingerprint density at radius 2 is 2.31 bits per heavy atom. The standard InChI is InChI=1S/C12H12O4/c1-8(2)12(13)16-10-3-4-11-9(5-10)6-14-7-15-11/h3-5H,1,6-7H2,2H3. The summed E-state index contributed by atoms with van der Waals surface area (Å²) in [6.45, 7) is 5.85. The second kappa shape index (κ2) is 4.37. The number of hydrogen-bond donors (Lipinski definition) is 0. The van der Waals surface area contributed by atoms with Crippen LogP contribution >= 0.6 is 0 Å². The molecule has 1 heterocycles. The van der Waals surface area contributed by atoms with Crippen LogP contribution in [0.1, 0.15) is 12.5 Å². The molecule has 0 amide bonds. The molecule has 0 aliphatic carbocycles. The Balaban J connectivity index is 2.17. The molecule has 0 radical (unpaired) electrons. The smallest absolute Gasteiger partial charge is 0.338 e. The fourth-order valence-electron chi connectivity index (χ4n) is 1.32. The highest BCUT2D eigenvalue weighted by molar-refractivity contribution is 5.88. The molecule has 1 aliphatic heterocycles. The van der Waals surface area contributed by atoms with E-state index in [0.29, 0.717) is 17.9 Å². The van der Waals surface area contributed by atoms with Gasteiger partial charge in [-0.15, -0.1) is 0 Å². The summed E-state index contributed by atoms with van der Waals surface area (Å²) < 4.78 is 15.5. The molecule has 0 saturated carbocycles. The summed E-state index contributed by atoms with van der Waals surface area (Å²) in [7, 11) is 0. The Bertz CT molecular complexity index is 437. The van der Waals surface area contributed by atoms with E-state index in [1.54, 1.807) is 25.1 Å². The summed E-state index contributed by atoms with van der Waals surface area (Å²) in [6.07, 6.45) is 0. The lowest BCUT2D eigenvalue weighted by atomic mass is 10.2. The van der Waals surface area contributed by atoms with Crippen molar-refractivity contribution < 1.29 is 19.0 Å². The zero-order valence-corrected chi connectivity index (χ0v) is 8.99. The minimum absolute atomic E-state index is 0.262. The third-order valence-electron chi connectivity index (χ3n) is 2.15. The average molecular weight is 220 g/mol. The zero-order chi connectivity index (χ0) is 11.5. The molecule has 2 rings (SSSR count). The molecule has 0 fully saturated rings. The van der Waals surface area contributed by atoms with Crippen molar-refractivity contribution >= 4 is 5.97 Å². The molecule has 16 heavy (non-hydrogen) atoms. The molecule has 0 unspecified atom stereocenters. The zero-order valence-electron chi connectivity index (χ0n) is 8.99. The van der Waals surface area contributed by atoms with Crippen LogP contribution in [0.3, 0.4) is 0 Å². The van der Waals surface area contributed by atoms with E-state index < -0.39 is 5.97 Å². The van der Waals surface area contributed by atoms with E-state index in [1.165, 1.54) is 0 Å². The molecule has 0 bridgehead atoms. The molecule has 1 aromatic carbocycles. The number of esters is 1. The van der Waals surface area contributed by atoms with Gasteiger partial charge < -0.3 is 14.2 Å². The number of hydrogen-bond acceptors (Lipinski definition) is 4. The van der Waals surface area contributed by atoms with Gasteiger partial charge in [-0.1, -0.05) is 6.58 Å². The second-order valence-electron chi connectivity index (χ2n) is 3.55. The molecule has 4 nitrogen and oxygen atoms in total. The highest BCUT2D eigenvalue weighted by atomic mass is 16.7. The fraction of sp³-hybridized carbons (Fsp3) is 0.250. The first-order chi connectivity index (χ1) is 7.66. The van der Waals surface area contributed by atoms with E-state index in [-0.39, 0.29) is 6.79 Å². The molecule has 1 aromatic rings. The quantitative estimate of drug-likeness (QED) is 0.434. The van der Waals surface area contributed by atoms with Gasteiger partial charge in [0.15, 0.2) is 6.79 Å². The summed E-state index contributed by atoms with van der Waals surface area (Å²) in [5.74, 6) is 0.805. The highest BCUT2D eigenvalue weighted by Gasteiger charge is 2.13. The van der Waals surface area contributed by atoms with Crippen molar-refractivity contribution in [2.75, 3.05) is 6.79 Å². The Morgan fingerprint density at radius 3 is 3.06 bits per heavy atom. The molecule has 0 aromatic heterocycles. The highest BCUT2D eigenvalue weighted by Crippen LogP contribution is 2.27. The maximum absolute atomic E-state index is 11.3. The Morgan fingerprint density at radius 1 is 1.50 bits per heavy atom. The van der Waals surface area contributed by atoms with Gasteiger partial charge in [-0.2, -0.15) is 0 Å². The predicted octanol–water partition coefficient (Wildman–Crippen LogP) is 2.03. The van der Waals surface area contributed by atoms with E-state index in [9.17, 15) is 4.79 Å². The number of carbonyl (C=O) groups is 1. The maximum atomic E-state index is 11.3.